The molecule has 0 aliphatic heterocycles. The summed E-state index contributed by atoms with van der Waals surface area (Å²) in [6.07, 6.45) is 0.904. The van der Waals surface area contributed by atoms with Crippen molar-refractivity contribution >= 4 is 54.1 Å². The molecule has 0 amide bonds. The Balaban J connectivity index is 0.943. The Morgan fingerprint density at radius 3 is 1.30 bits per heavy atom. The second-order valence-electron chi connectivity index (χ2n) is 15.2. The van der Waals surface area contributed by atoms with Gasteiger partial charge in [0, 0.05) is 16.5 Å². The summed E-state index contributed by atoms with van der Waals surface area (Å²) in [5, 5.41) is 10.4. The van der Waals surface area contributed by atoms with Crippen LogP contribution in [0, 0.1) is 0 Å². The first-order valence-corrected chi connectivity index (χ1v) is 19.6. The number of fused-ring (bicyclic) bond motifs is 12. The van der Waals surface area contributed by atoms with Crippen LogP contribution in [0.1, 0.15) is 11.1 Å². The van der Waals surface area contributed by atoms with E-state index in [1.807, 2.05) is 0 Å². The average molecular weight is 710 g/mol. The third-order valence-electron chi connectivity index (χ3n) is 12.2. The van der Waals surface area contributed by atoms with Crippen molar-refractivity contribution in [1.29, 1.82) is 0 Å². The fourth-order valence-electron chi connectivity index (χ4n) is 9.74. The highest BCUT2D eigenvalue weighted by atomic mass is 15.0. The van der Waals surface area contributed by atoms with E-state index in [1.54, 1.807) is 0 Å². The zero-order valence-corrected chi connectivity index (χ0v) is 30.7. The molecule has 11 aromatic rings. The average Bonchev–Trinajstić information content (AvgIpc) is 3.83. The van der Waals surface area contributed by atoms with E-state index in [-0.39, 0.29) is 0 Å². The van der Waals surface area contributed by atoms with Crippen LogP contribution < -0.4 is 0 Å². The first kappa shape index (κ1) is 31.2. The van der Waals surface area contributed by atoms with Gasteiger partial charge in [-0.1, -0.05) is 164 Å². The molecular weight excluding hydrogens is 675 g/mol. The van der Waals surface area contributed by atoms with Crippen LogP contribution in [0.15, 0.2) is 200 Å². The molecule has 1 aliphatic carbocycles. The lowest BCUT2D eigenvalue weighted by atomic mass is 9.90. The summed E-state index contributed by atoms with van der Waals surface area (Å²) in [6.45, 7) is 0. The van der Waals surface area contributed by atoms with Gasteiger partial charge in [0.05, 0.1) is 11.0 Å². The van der Waals surface area contributed by atoms with Gasteiger partial charge in [-0.2, -0.15) is 0 Å². The molecule has 12 rings (SSSR count). The van der Waals surface area contributed by atoms with E-state index in [1.165, 1.54) is 115 Å². The Bertz CT molecular complexity index is 3310. The molecule has 1 aromatic heterocycles. The SMILES string of the molecule is c1cc(-c2cccc(-n3c4ccccc4c4ccccc43)c2)cc(-c2cccc3c2Cc2c(-c4ccc5c6ccccc6c6ccccc6c5c4)cccc2-3)c1. The molecule has 0 saturated carbocycles. The van der Waals surface area contributed by atoms with Gasteiger partial charge in [0.2, 0.25) is 0 Å². The molecular formula is C55H35N. The summed E-state index contributed by atoms with van der Waals surface area (Å²) in [5.74, 6) is 0. The van der Waals surface area contributed by atoms with Crippen molar-refractivity contribution in [3.8, 4) is 50.2 Å². The molecule has 0 spiro atoms. The maximum absolute atomic E-state index is 2.43. The molecule has 1 nitrogen and oxygen atoms in total. The largest absolute Gasteiger partial charge is 0.309 e. The summed E-state index contributed by atoms with van der Waals surface area (Å²) in [5.41, 5.74) is 16.7. The van der Waals surface area contributed by atoms with Crippen LogP contribution in [0.3, 0.4) is 0 Å². The van der Waals surface area contributed by atoms with Gasteiger partial charge >= 0.3 is 0 Å². The highest BCUT2D eigenvalue weighted by Crippen LogP contribution is 2.46. The van der Waals surface area contributed by atoms with Gasteiger partial charge in [-0.3, -0.25) is 0 Å². The molecule has 56 heavy (non-hydrogen) atoms. The summed E-state index contributed by atoms with van der Waals surface area (Å²) in [4.78, 5) is 0. The minimum atomic E-state index is 0.904. The van der Waals surface area contributed by atoms with E-state index in [4.69, 9.17) is 0 Å². The molecule has 0 atom stereocenters. The van der Waals surface area contributed by atoms with Crippen LogP contribution in [0.5, 0.6) is 0 Å². The number of para-hydroxylation sites is 2. The topological polar surface area (TPSA) is 4.93 Å². The fraction of sp³-hybridized carbons (Fsp3) is 0.0182. The van der Waals surface area contributed by atoms with Crippen molar-refractivity contribution in [3.05, 3.63) is 211 Å². The zero-order chi connectivity index (χ0) is 36.7. The number of rotatable bonds is 4. The molecule has 1 heteroatoms. The van der Waals surface area contributed by atoms with Crippen molar-refractivity contribution in [2.75, 3.05) is 0 Å². The van der Waals surface area contributed by atoms with Crippen LogP contribution in [0.4, 0.5) is 0 Å². The van der Waals surface area contributed by atoms with Gasteiger partial charge in [0.15, 0.2) is 0 Å². The molecule has 0 saturated heterocycles. The van der Waals surface area contributed by atoms with E-state index in [0.29, 0.717) is 0 Å². The predicted molar refractivity (Wildman–Crippen MR) is 238 cm³/mol. The van der Waals surface area contributed by atoms with Crippen LogP contribution in [-0.2, 0) is 6.42 Å². The number of hydrogen-bond acceptors (Lipinski definition) is 0. The normalized spacial score (nSPS) is 12.2. The van der Waals surface area contributed by atoms with Gasteiger partial charge in [0.1, 0.15) is 0 Å². The smallest absolute Gasteiger partial charge is 0.0541 e. The minimum absolute atomic E-state index is 0.904. The molecule has 0 bridgehead atoms. The number of benzene rings is 10. The maximum atomic E-state index is 2.43. The van der Waals surface area contributed by atoms with Gasteiger partial charge in [-0.25, -0.2) is 0 Å². The number of aromatic nitrogens is 1. The van der Waals surface area contributed by atoms with Gasteiger partial charge in [-0.05, 0) is 131 Å². The summed E-state index contributed by atoms with van der Waals surface area (Å²) in [7, 11) is 0. The van der Waals surface area contributed by atoms with Crippen molar-refractivity contribution in [1.82, 2.24) is 4.57 Å². The second-order valence-corrected chi connectivity index (χ2v) is 15.2. The van der Waals surface area contributed by atoms with Crippen LogP contribution in [-0.4, -0.2) is 4.57 Å². The van der Waals surface area contributed by atoms with Crippen molar-refractivity contribution in [3.63, 3.8) is 0 Å². The molecule has 0 radical (unpaired) electrons. The maximum Gasteiger partial charge on any atom is 0.0541 e. The molecule has 1 heterocycles. The highest BCUT2D eigenvalue weighted by molar-refractivity contribution is 6.25. The molecule has 0 unspecified atom stereocenters. The first-order valence-electron chi connectivity index (χ1n) is 19.6. The van der Waals surface area contributed by atoms with Crippen LogP contribution in [0.2, 0.25) is 0 Å². The monoisotopic (exact) mass is 709 g/mol. The Kier molecular flexibility index (Phi) is 6.76. The zero-order valence-electron chi connectivity index (χ0n) is 30.7. The second kappa shape index (κ2) is 12.1. The van der Waals surface area contributed by atoms with Gasteiger partial charge in [0.25, 0.3) is 0 Å². The number of nitrogens with zero attached hydrogens (tertiary/aromatic N) is 1. The Morgan fingerprint density at radius 2 is 0.696 bits per heavy atom. The minimum Gasteiger partial charge on any atom is -0.309 e. The van der Waals surface area contributed by atoms with E-state index >= 15 is 0 Å². The molecule has 0 N–H and O–H groups in total. The Labute approximate surface area is 325 Å². The Morgan fingerprint density at radius 1 is 0.268 bits per heavy atom. The van der Waals surface area contributed by atoms with Crippen molar-refractivity contribution in [2.45, 2.75) is 6.42 Å². The van der Waals surface area contributed by atoms with E-state index in [9.17, 15) is 0 Å². The summed E-state index contributed by atoms with van der Waals surface area (Å²) < 4.78 is 2.40. The third kappa shape index (κ3) is 4.61. The van der Waals surface area contributed by atoms with Crippen LogP contribution in [0.25, 0.3) is 104 Å². The van der Waals surface area contributed by atoms with E-state index in [0.717, 1.165) is 6.42 Å². The lowest BCUT2D eigenvalue weighted by molar-refractivity contribution is 1.18. The van der Waals surface area contributed by atoms with Crippen molar-refractivity contribution in [2.24, 2.45) is 0 Å². The lowest BCUT2D eigenvalue weighted by Crippen LogP contribution is -1.94. The number of hydrogen-bond donors (Lipinski definition) is 0. The standard InChI is InChI=1S/C55H35N/c1-2-19-44-42(17-1)43-18-3-4-20-45(43)51-33-38(29-30-48(44)51)41-24-12-26-47-46-25-11-23-40(52(46)34-53(41)47)37-15-9-13-35(31-37)36-14-10-16-39(32-36)56-54-27-7-5-21-49(54)50-22-6-8-28-55(50)56/h1-33H,34H2. The highest BCUT2D eigenvalue weighted by Gasteiger charge is 2.25. The van der Waals surface area contributed by atoms with E-state index in [2.05, 4.69) is 205 Å². The summed E-state index contributed by atoms with van der Waals surface area (Å²) in [6, 6.07) is 74.1. The molecule has 1 aliphatic rings. The van der Waals surface area contributed by atoms with Crippen LogP contribution >= 0.6 is 0 Å². The molecule has 260 valence electrons. The summed E-state index contributed by atoms with van der Waals surface area (Å²) >= 11 is 0. The third-order valence-corrected chi connectivity index (χ3v) is 12.2. The van der Waals surface area contributed by atoms with Gasteiger partial charge in [-0.15, -0.1) is 0 Å². The lowest BCUT2D eigenvalue weighted by Gasteiger charge is -2.14. The fourth-order valence-corrected chi connectivity index (χ4v) is 9.74. The van der Waals surface area contributed by atoms with Gasteiger partial charge < -0.3 is 4.57 Å². The Hall–Kier alpha value is -7.22. The predicted octanol–water partition coefficient (Wildman–Crippen LogP) is 14.8. The first-order chi connectivity index (χ1) is 27.8. The van der Waals surface area contributed by atoms with Crippen molar-refractivity contribution < 1.29 is 0 Å². The molecule has 0 fully saturated rings. The molecule has 10 aromatic carbocycles. The van der Waals surface area contributed by atoms with E-state index < -0.39 is 0 Å². The quantitative estimate of drug-likeness (QED) is 0.160.